The number of benzene rings is 1. The van der Waals surface area contributed by atoms with E-state index >= 15 is 0 Å². The Balaban J connectivity index is 0.00000225. The van der Waals surface area contributed by atoms with Crippen LogP contribution in [0.5, 0.6) is 0 Å². The van der Waals surface area contributed by atoms with Crippen molar-refractivity contribution in [3.05, 3.63) is 60.0 Å². The van der Waals surface area contributed by atoms with E-state index in [0.717, 1.165) is 0 Å². The molecule has 2 nitrogen and oxygen atoms in total. The van der Waals surface area contributed by atoms with Crippen LogP contribution in [0.1, 0.15) is 88.8 Å². The molecule has 2 aromatic heterocycles. The minimum Gasteiger partial charge on any atom is -1.00 e. The number of rotatable bonds is 4. The van der Waals surface area contributed by atoms with Crippen LogP contribution in [0.2, 0.25) is 0 Å². The molecule has 1 aromatic carbocycles. The predicted octanol–water partition coefficient (Wildman–Crippen LogP) is 3.65. The summed E-state index contributed by atoms with van der Waals surface area (Å²) in [6, 6.07) is 14.3. The summed E-state index contributed by atoms with van der Waals surface area (Å²) in [5, 5.41) is 0. The van der Waals surface area contributed by atoms with Gasteiger partial charge >= 0.3 is 0 Å². The number of aromatic nitrogens is 2. The number of hydrogen-bond acceptors (Lipinski definition) is 0. The fourth-order valence-electron chi connectivity index (χ4n) is 4.72. The summed E-state index contributed by atoms with van der Waals surface area (Å²) in [6.07, 6.45) is 11.5. The molecule has 0 atom stereocenters. The van der Waals surface area contributed by atoms with E-state index in [1.54, 1.807) is 0 Å². The Morgan fingerprint density at radius 3 is 2.07 bits per heavy atom. The van der Waals surface area contributed by atoms with Gasteiger partial charge in [0.25, 0.3) is 0 Å². The van der Waals surface area contributed by atoms with Crippen LogP contribution in [-0.2, 0) is 0 Å². The molecule has 0 aliphatic heterocycles. The third kappa shape index (κ3) is 3.85. The van der Waals surface area contributed by atoms with Crippen LogP contribution in [0.4, 0.5) is 0 Å². The van der Waals surface area contributed by atoms with Gasteiger partial charge in [-0.15, -0.1) is 0 Å². The molecule has 1 fully saturated rings. The van der Waals surface area contributed by atoms with E-state index in [1.807, 2.05) is 0 Å². The Morgan fingerprint density at radius 1 is 0.857 bits per heavy atom. The fourth-order valence-corrected chi connectivity index (χ4v) is 4.72. The van der Waals surface area contributed by atoms with Crippen LogP contribution in [-0.4, -0.2) is 4.40 Å². The second-order valence-corrected chi connectivity index (χ2v) is 8.81. The van der Waals surface area contributed by atoms with Crippen LogP contribution >= 0.6 is 0 Å². The lowest BCUT2D eigenvalue weighted by Crippen LogP contribution is -3.00. The zero-order valence-electron chi connectivity index (χ0n) is 17.7. The van der Waals surface area contributed by atoms with E-state index in [2.05, 4.69) is 85.6 Å². The molecule has 150 valence electrons. The van der Waals surface area contributed by atoms with Crippen LogP contribution in [0.3, 0.4) is 0 Å². The average molecular weight is 397 g/mol. The standard InChI is InChI=1S/C25H33N2.ClH/c1-18(2)22-13-9-14-23(19(3)4)25(22)24-15-8-12-21-16-26(17-27(21)24)20-10-6-5-7-11-20;/h8-9,12-20H,5-7,10-11H2,1-4H3;1H/q+1;/p-1. The van der Waals surface area contributed by atoms with Gasteiger partial charge in [0.05, 0.1) is 0 Å². The number of hydrogen-bond donors (Lipinski definition) is 0. The summed E-state index contributed by atoms with van der Waals surface area (Å²) >= 11 is 0. The van der Waals surface area contributed by atoms with Crippen molar-refractivity contribution < 1.29 is 17.0 Å². The van der Waals surface area contributed by atoms with Crippen molar-refractivity contribution in [3.63, 3.8) is 0 Å². The van der Waals surface area contributed by atoms with E-state index < -0.39 is 0 Å². The van der Waals surface area contributed by atoms with Gasteiger partial charge in [-0.1, -0.05) is 58.4 Å². The first-order valence-electron chi connectivity index (χ1n) is 10.7. The van der Waals surface area contributed by atoms with Crippen molar-refractivity contribution >= 4 is 5.52 Å². The molecule has 0 N–H and O–H groups in total. The minimum atomic E-state index is 0. The SMILES string of the molecule is CC(C)c1cccc(C(C)C)c1-c1cccc2c[n+](C3CCCCC3)cn12.[Cl-]. The lowest BCUT2D eigenvalue weighted by molar-refractivity contribution is -0.724. The zero-order valence-corrected chi connectivity index (χ0v) is 18.4. The molecule has 0 saturated heterocycles. The van der Waals surface area contributed by atoms with Crippen molar-refractivity contribution in [2.75, 3.05) is 0 Å². The maximum Gasteiger partial charge on any atom is 0.249 e. The molecule has 0 radical (unpaired) electrons. The monoisotopic (exact) mass is 396 g/mol. The van der Waals surface area contributed by atoms with Crippen LogP contribution in [0.15, 0.2) is 48.9 Å². The zero-order chi connectivity index (χ0) is 19.0. The number of imidazole rings is 1. The van der Waals surface area contributed by atoms with Gasteiger partial charge in [0.1, 0.15) is 17.9 Å². The second kappa shape index (κ2) is 8.69. The van der Waals surface area contributed by atoms with Gasteiger partial charge < -0.3 is 12.4 Å². The summed E-state index contributed by atoms with van der Waals surface area (Å²) in [4.78, 5) is 0. The molecule has 28 heavy (non-hydrogen) atoms. The Kier molecular flexibility index (Phi) is 6.50. The van der Waals surface area contributed by atoms with Gasteiger partial charge in [0, 0.05) is 5.56 Å². The molecule has 4 rings (SSSR count). The topological polar surface area (TPSA) is 8.29 Å². The van der Waals surface area contributed by atoms with Crippen LogP contribution in [0.25, 0.3) is 16.8 Å². The predicted molar refractivity (Wildman–Crippen MR) is 113 cm³/mol. The van der Waals surface area contributed by atoms with Gasteiger partial charge in [0.2, 0.25) is 6.33 Å². The molecule has 0 unspecified atom stereocenters. The highest BCUT2D eigenvalue weighted by Crippen LogP contribution is 2.36. The van der Waals surface area contributed by atoms with Gasteiger partial charge in [-0.05, 0) is 60.8 Å². The van der Waals surface area contributed by atoms with E-state index in [0.29, 0.717) is 17.9 Å². The molecule has 3 heteroatoms. The minimum absolute atomic E-state index is 0. The Morgan fingerprint density at radius 2 is 1.46 bits per heavy atom. The van der Waals surface area contributed by atoms with E-state index in [1.165, 1.54) is 60.0 Å². The third-order valence-electron chi connectivity index (χ3n) is 6.21. The van der Waals surface area contributed by atoms with Crippen molar-refractivity contribution in [2.45, 2.75) is 77.7 Å². The molecule has 1 aliphatic rings. The summed E-state index contributed by atoms with van der Waals surface area (Å²) in [5.74, 6) is 1.02. The molecule has 1 aliphatic carbocycles. The molecule has 3 aromatic rings. The molecule has 2 heterocycles. The molecular formula is C25H33ClN2. The van der Waals surface area contributed by atoms with E-state index in [9.17, 15) is 0 Å². The number of nitrogens with zero attached hydrogens (tertiary/aromatic N) is 2. The third-order valence-corrected chi connectivity index (χ3v) is 6.21. The van der Waals surface area contributed by atoms with E-state index in [-0.39, 0.29) is 12.4 Å². The van der Waals surface area contributed by atoms with Crippen molar-refractivity contribution in [1.29, 1.82) is 0 Å². The second-order valence-electron chi connectivity index (χ2n) is 8.81. The first-order chi connectivity index (χ1) is 13.1. The Bertz CT molecular complexity index is 907. The number of pyridine rings is 1. The highest BCUT2D eigenvalue weighted by molar-refractivity contribution is 5.72. The maximum absolute atomic E-state index is 2.48. The number of halogens is 1. The summed E-state index contributed by atoms with van der Waals surface area (Å²) in [7, 11) is 0. The summed E-state index contributed by atoms with van der Waals surface area (Å²) in [6.45, 7) is 9.23. The molecule has 0 bridgehead atoms. The highest BCUT2D eigenvalue weighted by atomic mass is 35.5. The Hall–Kier alpha value is -1.80. The molecular weight excluding hydrogens is 364 g/mol. The lowest BCUT2D eigenvalue weighted by Gasteiger charge is -2.19. The number of fused-ring (bicyclic) bond motifs is 1. The molecule has 0 spiro atoms. The first kappa shape index (κ1) is 20.9. The van der Waals surface area contributed by atoms with Crippen LogP contribution in [0, 0.1) is 0 Å². The Labute approximate surface area is 176 Å². The highest BCUT2D eigenvalue weighted by Gasteiger charge is 2.24. The molecule has 0 amide bonds. The fraction of sp³-hybridized carbons (Fsp3) is 0.480. The normalized spacial score (nSPS) is 15.4. The summed E-state index contributed by atoms with van der Waals surface area (Å²) in [5.41, 5.74) is 6.96. The van der Waals surface area contributed by atoms with Gasteiger partial charge in [-0.2, -0.15) is 4.40 Å². The van der Waals surface area contributed by atoms with Gasteiger partial charge in [-0.3, -0.25) is 0 Å². The molecule has 1 saturated carbocycles. The smallest absolute Gasteiger partial charge is 0.249 e. The lowest BCUT2D eigenvalue weighted by atomic mass is 9.87. The van der Waals surface area contributed by atoms with Crippen molar-refractivity contribution in [2.24, 2.45) is 0 Å². The largest absolute Gasteiger partial charge is 1.00 e. The van der Waals surface area contributed by atoms with Gasteiger partial charge in [0.15, 0.2) is 5.52 Å². The van der Waals surface area contributed by atoms with Crippen molar-refractivity contribution in [3.8, 4) is 11.3 Å². The van der Waals surface area contributed by atoms with Gasteiger partial charge in [-0.25, -0.2) is 4.57 Å². The first-order valence-corrected chi connectivity index (χ1v) is 10.7. The summed E-state index contributed by atoms with van der Waals surface area (Å²) < 4.78 is 4.90. The van der Waals surface area contributed by atoms with E-state index in [4.69, 9.17) is 0 Å². The quantitative estimate of drug-likeness (QED) is 0.595. The maximum atomic E-state index is 2.48. The van der Waals surface area contributed by atoms with Crippen LogP contribution < -0.4 is 17.0 Å². The van der Waals surface area contributed by atoms with Crippen molar-refractivity contribution in [1.82, 2.24) is 4.40 Å². The average Bonchev–Trinajstić information content (AvgIpc) is 3.12.